The molecule has 0 amide bonds. The van der Waals surface area contributed by atoms with Crippen LogP contribution in [0.15, 0.2) is 79.6 Å². The number of imidazole rings is 2. The second kappa shape index (κ2) is 16.6. The smallest absolute Gasteiger partial charge is 0.241 e. The number of rotatable bonds is 7. The van der Waals surface area contributed by atoms with E-state index in [4.69, 9.17) is 18.9 Å². The van der Waals surface area contributed by atoms with Crippen molar-refractivity contribution in [2.45, 2.75) is 0 Å². The molecule has 12 nitrogen and oxygen atoms in total. The Labute approximate surface area is 269 Å². The Morgan fingerprint density at radius 3 is 1.68 bits per heavy atom. The van der Waals surface area contributed by atoms with Crippen LogP contribution in [0.1, 0.15) is 0 Å². The molecule has 1 radical (unpaired) electrons. The van der Waals surface area contributed by atoms with Crippen molar-refractivity contribution in [3.8, 4) is 45.8 Å². The Kier molecular flexibility index (Phi) is 12.6. The summed E-state index contributed by atoms with van der Waals surface area (Å²) in [5, 5.41) is 10.8. The molecule has 13 heteroatoms. The monoisotopic (exact) mass is 772 g/mol. The second-order valence-electron chi connectivity index (χ2n) is 8.71. The summed E-state index contributed by atoms with van der Waals surface area (Å²) in [5.74, 6) is 2.84. The zero-order valence-corrected chi connectivity index (χ0v) is 27.4. The molecule has 6 aromatic rings. The third-order valence-corrected chi connectivity index (χ3v) is 5.83. The van der Waals surface area contributed by atoms with Crippen LogP contribution in [0.3, 0.4) is 0 Å². The summed E-state index contributed by atoms with van der Waals surface area (Å²) in [6, 6.07) is 19.0. The summed E-state index contributed by atoms with van der Waals surface area (Å²) in [4.78, 5) is 4.08. The van der Waals surface area contributed by atoms with Gasteiger partial charge in [-0.3, -0.25) is 10.2 Å². The van der Waals surface area contributed by atoms with E-state index in [-0.39, 0.29) is 20.1 Å². The molecule has 0 bridgehead atoms. The summed E-state index contributed by atoms with van der Waals surface area (Å²) in [7, 11) is 10.3. The van der Waals surface area contributed by atoms with E-state index in [1.807, 2.05) is 87.5 Å². The van der Waals surface area contributed by atoms with Gasteiger partial charge in [-0.1, -0.05) is 24.4 Å². The van der Waals surface area contributed by atoms with Crippen LogP contribution < -0.4 is 33.2 Å². The van der Waals surface area contributed by atoms with Crippen molar-refractivity contribution < 1.29 is 48.2 Å². The molecule has 0 saturated heterocycles. The van der Waals surface area contributed by atoms with Crippen molar-refractivity contribution in [3.63, 3.8) is 0 Å². The maximum Gasteiger partial charge on any atom is 0.241 e. The summed E-state index contributed by atoms with van der Waals surface area (Å²) in [6.45, 7) is 0. The predicted octanol–water partition coefficient (Wildman–Crippen LogP) is 2.33. The van der Waals surface area contributed by atoms with Crippen molar-refractivity contribution in [1.82, 2.24) is 29.5 Å². The van der Waals surface area contributed by atoms with Crippen molar-refractivity contribution in [1.29, 1.82) is 0 Å². The number of nitrogens with zero attached hydrogens (tertiary/aromatic N) is 8. The van der Waals surface area contributed by atoms with Gasteiger partial charge in [-0.15, -0.1) is 12.1 Å². The van der Waals surface area contributed by atoms with E-state index in [1.165, 1.54) is 0 Å². The molecule has 0 atom stereocenters. The van der Waals surface area contributed by atoms with Crippen LogP contribution in [0.25, 0.3) is 22.8 Å². The normalized spacial score (nSPS) is 9.86. The van der Waals surface area contributed by atoms with Gasteiger partial charge < -0.3 is 47.4 Å². The van der Waals surface area contributed by atoms with Crippen molar-refractivity contribution >= 4 is 0 Å². The fraction of sp³-hybridized carbons (Fsp3) is 0.194. The van der Waals surface area contributed by atoms with Crippen molar-refractivity contribution in [3.05, 3.63) is 104 Å². The Hall–Kier alpha value is -5.00. The third kappa shape index (κ3) is 8.76. The molecule has 0 aliphatic heterocycles. The molecule has 2 aromatic carbocycles. The zero-order chi connectivity index (χ0) is 30.6. The summed E-state index contributed by atoms with van der Waals surface area (Å²) < 4.78 is 28.1. The number of methoxy groups -OCH3 is 4. The number of pyridine rings is 1. The minimum atomic E-state index is 0. The van der Waals surface area contributed by atoms with E-state index in [0.29, 0.717) is 17.2 Å². The van der Waals surface area contributed by atoms with Gasteiger partial charge in [0.1, 0.15) is 0 Å². The Morgan fingerprint density at radius 2 is 1.32 bits per heavy atom. The molecule has 4 heterocycles. The molecule has 44 heavy (non-hydrogen) atoms. The Balaban J connectivity index is 0.000000181. The van der Waals surface area contributed by atoms with Gasteiger partial charge in [0, 0.05) is 74.1 Å². The molecular formula is C31H31IrN8O4-3. The molecule has 231 valence electrons. The first-order chi connectivity index (χ1) is 20.9. The Morgan fingerprint density at radius 1 is 0.773 bits per heavy atom. The fourth-order valence-electron chi connectivity index (χ4n) is 3.69. The number of ether oxygens (including phenoxy) is 4. The maximum atomic E-state index is 5.29. The van der Waals surface area contributed by atoms with Gasteiger partial charge in [0.15, 0.2) is 0 Å². The zero-order valence-electron chi connectivity index (χ0n) is 25.0. The van der Waals surface area contributed by atoms with Crippen LogP contribution in [0.5, 0.6) is 23.0 Å². The van der Waals surface area contributed by atoms with E-state index >= 15 is 0 Å². The molecule has 0 fully saturated rings. The molecule has 0 aliphatic rings. The van der Waals surface area contributed by atoms with Crippen LogP contribution in [-0.2, 0) is 34.2 Å². The van der Waals surface area contributed by atoms with Crippen LogP contribution in [0.2, 0.25) is 0 Å². The Bertz CT molecular complexity index is 1610. The number of benzene rings is 2. The molecule has 0 aliphatic carbocycles. The fourth-order valence-corrected chi connectivity index (χ4v) is 3.69. The molecular weight excluding hydrogens is 741 g/mol. The average molecular weight is 772 g/mol. The van der Waals surface area contributed by atoms with Crippen LogP contribution in [0, 0.1) is 24.8 Å². The van der Waals surface area contributed by atoms with Crippen LogP contribution in [-0.4, -0.2) is 52.9 Å². The van der Waals surface area contributed by atoms with Crippen LogP contribution in [0.4, 0.5) is 0 Å². The topological polar surface area (TPSA) is 107 Å². The number of aryl methyl sites for hydroxylation is 2. The van der Waals surface area contributed by atoms with Gasteiger partial charge in [-0.2, -0.15) is 12.1 Å². The predicted molar refractivity (Wildman–Crippen MR) is 154 cm³/mol. The summed E-state index contributed by atoms with van der Waals surface area (Å²) in [5.41, 5.74) is 3.14. The number of hydrogen-bond acceptors (Lipinski definition) is 7. The van der Waals surface area contributed by atoms with E-state index < -0.39 is 0 Å². The SMILES string of the molecule is COc1c[c-]c(-n2[c-][n+](C)cc2)c(OC)c1.COc1c[c-]c(-n2[c-][n+](C)cc2)c(OC)c1.[Ir].c1ccc(-c2cnn[n-]2)nc1. The van der Waals surface area contributed by atoms with Gasteiger partial charge in [-0.25, -0.2) is 0 Å². The van der Waals surface area contributed by atoms with E-state index in [2.05, 4.69) is 45.2 Å². The van der Waals surface area contributed by atoms with Gasteiger partial charge in [0.05, 0.1) is 48.2 Å². The van der Waals surface area contributed by atoms with Gasteiger partial charge >= 0.3 is 0 Å². The number of aromatic nitrogens is 8. The minimum Gasteiger partial charge on any atom is -0.560 e. The summed E-state index contributed by atoms with van der Waals surface area (Å²) in [6.07, 6.45) is 17.0. The van der Waals surface area contributed by atoms with Crippen LogP contribution >= 0.6 is 0 Å². The van der Waals surface area contributed by atoms with Gasteiger partial charge in [0.25, 0.3) is 0 Å². The molecule has 0 unspecified atom stereocenters. The van der Waals surface area contributed by atoms with Crippen molar-refractivity contribution in [2.75, 3.05) is 28.4 Å². The minimum absolute atomic E-state index is 0. The standard InChI is InChI=1S/2C12H13N2O2.C7H5N4.Ir/c2*1-13-6-7-14(9-13)11-5-4-10(15-2)8-12(11)16-3;1-2-4-8-6(3-1)7-5-9-11-10-7;/h2*4,6-8H,1-3H3;1-5H;/q3*-1;. The quantitative estimate of drug-likeness (QED) is 0.180. The number of hydrogen-bond donors (Lipinski definition) is 0. The van der Waals surface area contributed by atoms with E-state index in [9.17, 15) is 0 Å². The second-order valence-corrected chi connectivity index (χ2v) is 8.71. The summed E-state index contributed by atoms with van der Waals surface area (Å²) >= 11 is 0. The maximum absolute atomic E-state index is 5.29. The average Bonchev–Trinajstić information content (AvgIpc) is 3.84. The van der Waals surface area contributed by atoms with Gasteiger partial charge in [-0.05, 0) is 29.2 Å². The molecule has 0 saturated carbocycles. The van der Waals surface area contributed by atoms with Gasteiger partial charge in [0.2, 0.25) is 12.7 Å². The molecule has 0 N–H and O–H groups in total. The molecule has 0 spiro atoms. The van der Waals surface area contributed by atoms with E-state index in [0.717, 1.165) is 28.6 Å². The first kappa shape index (κ1) is 33.5. The largest absolute Gasteiger partial charge is 0.560 e. The molecule has 4 aromatic heterocycles. The first-order valence-electron chi connectivity index (χ1n) is 12.9. The van der Waals surface area contributed by atoms with E-state index in [1.54, 1.807) is 53.0 Å². The van der Waals surface area contributed by atoms with Crippen molar-refractivity contribution in [2.24, 2.45) is 14.1 Å². The first-order valence-corrected chi connectivity index (χ1v) is 12.9. The third-order valence-electron chi connectivity index (χ3n) is 5.83. The molecule has 6 rings (SSSR count).